The van der Waals surface area contributed by atoms with E-state index in [1.807, 2.05) is 12.1 Å². The second kappa shape index (κ2) is 6.73. The molecule has 0 bridgehead atoms. The molecule has 0 saturated carbocycles. The van der Waals surface area contributed by atoms with Gasteiger partial charge < -0.3 is 4.74 Å². The first-order valence-corrected chi connectivity index (χ1v) is 7.60. The molecule has 2 nitrogen and oxygen atoms in total. The molecule has 1 aromatic rings. The topological polar surface area (TPSA) is 12.5 Å². The molecule has 0 radical (unpaired) electrons. The van der Waals surface area contributed by atoms with Gasteiger partial charge in [0.25, 0.3) is 0 Å². The molecule has 1 fully saturated rings. The van der Waals surface area contributed by atoms with E-state index in [0.29, 0.717) is 26.1 Å². The molecule has 1 unspecified atom stereocenters. The standard InChI is InChI=1S/C17H25F2NO/c1-17(2,3)14-4-6-15(7-5-14)21-11-10-20-9-8-13(12-20)16(18)19/h4-7,13,16H,8-12H2,1-3H3. The third-order valence-corrected chi connectivity index (χ3v) is 4.06. The third-order valence-electron chi connectivity index (χ3n) is 4.06. The molecule has 0 amide bonds. The van der Waals surface area contributed by atoms with E-state index in [4.69, 9.17) is 4.74 Å². The van der Waals surface area contributed by atoms with Crippen molar-refractivity contribution in [2.45, 2.75) is 39.0 Å². The van der Waals surface area contributed by atoms with Crippen LogP contribution in [0.15, 0.2) is 24.3 Å². The molecule has 0 spiro atoms. The van der Waals surface area contributed by atoms with Crippen LogP contribution in [-0.4, -0.2) is 37.6 Å². The van der Waals surface area contributed by atoms with Crippen molar-refractivity contribution >= 4 is 0 Å². The maximum Gasteiger partial charge on any atom is 0.242 e. The third kappa shape index (κ3) is 4.67. The average molecular weight is 297 g/mol. The molecular formula is C17H25F2NO. The summed E-state index contributed by atoms with van der Waals surface area (Å²) in [6.07, 6.45) is -1.60. The van der Waals surface area contributed by atoms with E-state index in [-0.39, 0.29) is 5.41 Å². The number of nitrogens with zero attached hydrogens (tertiary/aromatic N) is 1. The van der Waals surface area contributed by atoms with E-state index in [1.54, 1.807) is 0 Å². The van der Waals surface area contributed by atoms with Crippen molar-refractivity contribution < 1.29 is 13.5 Å². The summed E-state index contributed by atoms with van der Waals surface area (Å²) in [6.45, 7) is 9.03. The van der Waals surface area contributed by atoms with Crippen molar-refractivity contribution in [2.24, 2.45) is 5.92 Å². The quantitative estimate of drug-likeness (QED) is 0.816. The summed E-state index contributed by atoms with van der Waals surface area (Å²) in [4.78, 5) is 2.06. The lowest BCUT2D eigenvalue weighted by Gasteiger charge is -2.19. The van der Waals surface area contributed by atoms with Crippen LogP contribution >= 0.6 is 0 Å². The van der Waals surface area contributed by atoms with Gasteiger partial charge >= 0.3 is 0 Å². The number of benzene rings is 1. The molecule has 1 saturated heterocycles. The first-order valence-electron chi connectivity index (χ1n) is 7.60. The zero-order valence-corrected chi connectivity index (χ0v) is 13.1. The number of likely N-dealkylation sites (tertiary alicyclic amines) is 1. The van der Waals surface area contributed by atoms with Crippen molar-refractivity contribution in [3.63, 3.8) is 0 Å². The van der Waals surface area contributed by atoms with E-state index in [1.165, 1.54) is 5.56 Å². The highest BCUT2D eigenvalue weighted by Gasteiger charge is 2.29. The Labute approximate surface area is 126 Å². The first kappa shape index (κ1) is 16.2. The molecule has 0 aromatic heterocycles. The Balaban J connectivity index is 1.74. The van der Waals surface area contributed by atoms with Gasteiger partial charge in [-0.3, -0.25) is 4.90 Å². The molecule has 1 atom stereocenters. The summed E-state index contributed by atoms with van der Waals surface area (Å²) < 4.78 is 30.9. The van der Waals surface area contributed by atoms with E-state index in [0.717, 1.165) is 12.3 Å². The zero-order chi connectivity index (χ0) is 15.5. The van der Waals surface area contributed by atoms with E-state index in [9.17, 15) is 8.78 Å². The Morgan fingerprint density at radius 3 is 2.43 bits per heavy atom. The van der Waals surface area contributed by atoms with E-state index in [2.05, 4.69) is 37.8 Å². The lowest BCUT2D eigenvalue weighted by atomic mass is 9.87. The van der Waals surface area contributed by atoms with Gasteiger partial charge in [-0.2, -0.15) is 0 Å². The number of alkyl halides is 2. The molecule has 1 aromatic carbocycles. The smallest absolute Gasteiger partial charge is 0.242 e. The molecule has 4 heteroatoms. The molecular weight excluding hydrogens is 272 g/mol. The lowest BCUT2D eigenvalue weighted by molar-refractivity contribution is 0.0796. The summed E-state index contributed by atoms with van der Waals surface area (Å²) in [5.41, 5.74) is 1.41. The van der Waals surface area contributed by atoms with Crippen LogP contribution in [0.25, 0.3) is 0 Å². The number of rotatable bonds is 5. The zero-order valence-electron chi connectivity index (χ0n) is 13.1. The molecule has 2 rings (SSSR count). The minimum atomic E-state index is -2.19. The minimum Gasteiger partial charge on any atom is -0.492 e. The number of hydrogen-bond donors (Lipinski definition) is 0. The SMILES string of the molecule is CC(C)(C)c1ccc(OCCN2CCC(C(F)F)C2)cc1. The second-order valence-corrected chi connectivity index (χ2v) is 6.81. The summed E-state index contributed by atoms with van der Waals surface area (Å²) in [5.74, 6) is 0.378. The van der Waals surface area contributed by atoms with Gasteiger partial charge in [0.05, 0.1) is 0 Å². The average Bonchev–Trinajstić information content (AvgIpc) is 2.87. The monoisotopic (exact) mass is 297 g/mol. The van der Waals surface area contributed by atoms with Gasteiger partial charge in [-0.1, -0.05) is 32.9 Å². The molecule has 1 aliphatic rings. The van der Waals surface area contributed by atoms with Gasteiger partial charge in [-0.15, -0.1) is 0 Å². The van der Waals surface area contributed by atoms with Crippen molar-refractivity contribution in [1.29, 1.82) is 0 Å². The van der Waals surface area contributed by atoms with Crippen LogP contribution in [0, 0.1) is 5.92 Å². The van der Waals surface area contributed by atoms with E-state index < -0.39 is 12.3 Å². The fourth-order valence-electron chi connectivity index (χ4n) is 2.62. The highest BCUT2D eigenvalue weighted by molar-refractivity contribution is 5.31. The largest absolute Gasteiger partial charge is 0.492 e. The van der Waals surface area contributed by atoms with Gasteiger partial charge in [0.1, 0.15) is 12.4 Å². The Bertz CT molecular complexity index is 439. The van der Waals surface area contributed by atoms with Crippen molar-refractivity contribution in [2.75, 3.05) is 26.2 Å². The first-order chi connectivity index (χ1) is 9.86. The Kier molecular flexibility index (Phi) is 5.20. The molecule has 0 N–H and O–H groups in total. The fraction of sp³-hybridized carbons (Fsp3) is 0.647. The van der Waals surface area contributed by atoms with Crippen molar-refractivity contribution in [1.82, 2.24) is 4.90 Å². The van der Waals surface area contributed by atoms with Crippen LogP contribution in [0.3, 0.4) is 0 Å². The molecule has 1 aliphatic heterocycles. The van der Waals surface area contributed by atoms with Gasteiger partial charge in [-0.05, 0) is 36.1 Å². The highest BCUT2D eigenvalue weighted by atomic mass is 19.3. The summed E-state index contributed by atoms with van der Waals surface area (Å²) in [5, 5.41) is 0. The second-order valence-electron chi connectivity index (χ2n) is 6.81. The van der Waals surface area contributed by atoms with Crippen LogP contribution in [0.4, 0.5) is 8.78 Å². The highest BCUT2D eigenvalue weighted by Crippen LogP contribution is 2.25. The van der Waals surface area contributed by atoms with Gasteiger partial charge in [0, 0.05) is 19.0 Å². The fourth-order valence-corrected chi connectivity index (χ4v) is 2.62. The maximum atomic E-state index is 12.6. The Morgan fingerprint density at radius 2 is 1.90 bits per heavy atom. The number of ether oxygens (including phenoxy) is 1. The molecule has 0 aliphatic carbocycles. The van der Waals surface area contributed by atoms with Gasteiger partial charge in [0.15, 0.2) is 0 Å². The normalized spacial score (nSPS) is 20.2. The molecule has 118 valence electrons. The predicted octanol–water partition coefficient (Wildman–Crippen LogP) is 3.95. The van der Waals surface area contributed by atoms with Crippen LogP contribution < -0.4 is 4.74 Å². The molecule has 1 heterocycles. The maximum absolute atomic E-state index is 12.6. The van der Waals surface area contributed by atoms with E-state index >= 15 is 0 Å². The predicted molar refractivity (Wildman–Crippen MR) is 81.2 cm³/mol. The summed E-state index contributed by atoms with van der Waals surface area (Å²) >= 11 is 0. The Morgan fingerprint density at radius 1 is 1.24 bits per heavy atom. The number of hydrogen-bond acceptors (Lipinski definition) is 2. The van der Waals surface area contributed by atoms with Crippen molar-refractivity contribution in [3.05, 3.63) is 29.8 Å². The minimum absolute atomic E-state index is 0.137. The lowest BCUT2D eigenvalue weighted by Crippen LogP contribution is -2.27. The summed E-state index contributed by atoms with van der Waals surface area (Å²) in [7, 11) is 0. The van der Waals surface area contributed by atoms with Gasteiger partial charge in [-0.25, -0.2) is 8.78 Å². The van der Waals surface area contributed by atoms with Crippen molar-refractivity contribution in [3.8, 4) is 5.75 Å². The van der Waals surface area contributed by atoms with Crippen LogP contribution in [0.1, 0.15) is 32.8 Å². The van der Waals surface area contributed by atoms with Crippen LogP contribution in [0.2, 0.25) is 0 Å². The number of halogens is 2. The van der Waals surface area contributed by atoms with Crippen LogP contribution in [-0.2, 0) is 5.41 Å². The Hall–Kier alpha value is -1.16. The summed E-state index contributed by atoms with van der Waals surface area (Å²) in [6, 6.07) is 8.12. The van der Waals surface area contributed by atoms with Gasteiger partial charge in [0.2, 0.25) is 6.43 Å². The van der Waals surface area contributed by atoms with Crippen LogP contribution in [0.5, 0.6) is 5.75 Å². The molecule has 21 heavy (non-hydrogen) atoms.